The van der Waals surface area contributed by atoms with Crippen molar-refractivity contribution in [1.29, 1.82) is 0 Å². The predicted octanol–water partition coefficient (Wildman–Crippen LogP) is 3.23. The van der Waals surface area contributed by atoms with E-state index in [4.69, 9.17) is 5.73 Å². The first-order valence-electron chi connectivity index (χ1n) is 6.49. The molecule has 2 rings (SSSR count). The normalized spacial score (nSPS) is 10.6. The molecule has 19 heavy (non-hydrogen) atoms. The van der Waals surface area contributed by atoms with E-state index < -0.39 is 0 Å². The highest BCUT2D eigenvalue weighted by molar-refractivity contribution is 5.63. The van der Waals surface area contributed by atoms with Crippen LogP contribution in [0.3, 0.4) is 0 Å². The average Bonchev–Trinajstić information content (AvgIpc) is 2.36. The fourth-order valence-electron chi connectivity index (χ4n) is 2.36. The average molecular weight is 255 g/mol. The maximum atomic E-state index is 5.64. The highest BCUT2D eigenvalue weighted by atomic mass is 15.2. The molecule has 0 unspecified atom stereocenters. The summed E-state index contributed by atoms with van der Waals surface area (Å²) in [6.45, 7) is 6.83. The lowest BCUT2D eigenvalue weighted by Crippen LogP contribution is -2.13. The van der Waals surface area contributed by atoms with E-state index in [1.807, 2.05) is 13.2 Å². The molecule has 0 aliphatic carbocycles. The van der Waals surface area contributed by atoms with Crippen LogP contribution in [0.15, 0.2) is 30.5 Å². The van der Waals surface area contributed by atoms with Crippen LogP contribution in [0.4, 0.5) is 11.5 Å². The quantitative estimate of drug-likeness (QED) is 0.915. The topological polar surface area (TPSA) is 42.2 Å². The Kier molecular flexibility index (Phi) is 3.86. The number of benzene rings is 1. The Morgan fingerprint density at radius 2 is 1.68 bits per heavy atom. The molecule has 0 bridgehead atoms. The van der Waals surface area contributed by atoms with Gasteiger partial charge in [-0.2, -0.15) is 0 Å². The number of anilines is 2. The van der Waals surface area contributed by atoms with Crippen LogP contribution in [-0.4, -0.2) is 12.0 Å². The molecule has 0 atom stereocenters. The van der Waals surface area contributed by atoms with Gasteiger partial charge in [-0.1, -0.05) is 6.07 Å². The zero-order valence-corrected chi connectivity index (χ0v) is 12.1. The summed E-state index contributed by atoms with van der Waals surface area (Å²) in [5.74, 6) is 0.974. The Labute approximate surface area is 115 Å². The minimum absolute atomic E-state index is 0.529. The van der Waals surface area contributed by atoms with Crippen LogP contribution in [0, 0.1) is 20.8 Å². The standard InChI is InChI=1S/C16H21N3/c1-11-5-12(2)7-15(6-11)19(4)16-13(3)8-14(9-17)10-18-16/h5-8,10H,9,17H2,1-4H3. The van der Waals surface area contributed by atoms with E-state index in [2.05, 4.69) is 54.9 Å². The summed E-state index contributed by atoms with van der Waals surface area (Å²) in [7, 11) is 2.05. The van der Waals surface area contributed by atoms with Crippen molar-refractivity contribution in [2.24, 2.45) is 5.73 Å². The second kappa shape index (κ2) is 5.41. The molecule has 2 aromatic rings. The lowest BCUT2D eigenvalue weighted by molar-refractivity contribution is 1.02. The van der Waals surface area contributed by atoms with Crippen molar-refractivity contribution >= 4 is 11.5 Å². The minimum Gasteiger partial charge on any atom is -0.329 e. The zero-order valence-electron chi connectivity index (χ0n) is 12.1. The van der Waals surface area contributed by atoms with Crippen molar-refractivity contribution in [3.63, 3.8) is 0 Å². The van der Waals surface area contributed by atoms with Gasteiger partial charge in [0.2, 0.25) is 0 Å². The Balaban J connectivity index is 2.40. The molecule has 2 N–H and O–H groups in total. The first kappa shape index (κ1) is 13.6. The Bertz CT molecular complexity index is 570. The number of nitrogens with two attached hydrogens (primary N) is 1. The van der Waals surface area contributed by atoms with Gasteiger partial charge in [-0.3, -0.25) is 0 Å². The largest absolute Gasteiger partial charge is 0.329 e. The van der Waals surface area contributed by atoms with E-state index in [1.165, 1.54) is 11.1 Å². The maximum absolute atomic E-state index is 5.64. The maximum Gasteiger partial charge on any atom is 0.135 e. The molecular formula is C16H21N3. The zero-order chi connectivity index (χ0) is 14.0. The molecule has 3 nitrogen and oxygen atoms in total. The van der Waals surface area contributed by atoms with E-state index >= 15 is 0 Å². The van der Waals surface area contributed by atoms with Gasteiger partial charge in [-0.25, -0.2) is 4.98 Å². The van der Waals surface area contributed by atoms with E-state index in [9.17, 15) is 0 Å². The Morgan fingerprint density at radius 3 is 2.21 bits per heavy atom. The SMILES string of the molecule is Cc1cc(C)cc(N(C)c2ncc(CN)cc2C)c1. The fourth-order valence-corrected chi connectivity index (χ4v) is 2.36. The van der Waals surface area contributed by atoms with Crippen LogP contribution in [-0.2, 0) is 6.54 Å². The first-order chi connectivity index (χ1) is 9.01. The minimum atomic E-state index is 0.529. The second-order valence-corrected chi connectivity index (χ2v) is 5.09. The highest BCUT2D eigenvalue weighted by Gasteiger charge is 2.09. The predicted molar refractivity (Wildman–Crippen MR) is 80.8 cm³/mol. The van der Waals surface area contributed by atoms with Crippen molar-refractivity contribution in [2.75, 3.05) is 11.9 Å². The van der Waals surface area contributed by atoms with Crippen molar-refractivity contribution < 1.29 is 0 Å². The number of aryl methyl sites for hydroxylation is 3. The van der Waals surface area contributed by atoms with Crippen molar-refractivity contribution in [1.82, 2.24) is 4.98 Å². The summed E-state index contributed by atoms with van der Waals surface area (Å²) >= 11 is 0. The van der Waals surface area contributed by atoms with Gasteiger partial charge in [0.05, 0.1) is 0 Å². The molecule has 1 heterocycles. The molecule has 1 aromatic heterocycles. The molecule has 0 aliphatic rings. The van der Waals surface area contributed by atoms with E-state index in [-0.39, 0.29) is 0 Å². The number of aromatic nitrogens is 1. The van der Waals surface area contributed by atoms with Crippen LogP contribution >= 0.6 is 0 Å². The molecule has 100 valence electrons. The van der Waals surface area contributed by atoms with Crippen molar-refractivity contribution in [2.45, 2.75) is 27.3 Å². The summed E-state index contributed by atoms with van der Waals surface area (Å²) in [5, 5.41) is 0. The monoisotopic (exact) mass is 255 g/mol. The molecule has 0 saturated carbocycles. The molecule has 0 fully saturated rings. The first-order valence-corrected chi connectivity index (χ1v) is 6.49. The van der Waals surface area contributed by atoms with Crippen molar-refractivity contribution in [3.8, 4) is 0 Å². The van der Waals surface area contributed by atoms with Crippen LogP contribution in [0.2, 0.25) is 0 Å². The van der Waals surface area contributed by atoms with Gasteiger partial charge < -0.3 is 10.6 Å². The lowest BCUT2D eigenvalue weighted by Gasteiger charge is -2.21. The number of pyridine rings is 1. The third-order valence-corrected chi connectivity index (χ3v) is 3.25. The summed E-state index contributed by atoms with van der Waals surface area (Å²) in [6, 6.07) is 8.62. The van der Waals surface area contributed by atoms with Crippen molar-refractivity contribution in [3.05, 3.63) is 52.7 Å². The summed E-state index contributed by atoms with van der Waals surface area (Å²) < 4.78 is 0. The van der Waals surface area contributed by atoms with Gasteiger partial charge in [0.25, 0.3) is 0 Å². The Hall–Kier alpha value is -1.87. The summed E-state index contributed by atoms with van der Waals surface area (Å²) in [6.07, 6.45) is 1.85. The molecule has 0 spiro atoms. The molecule has 0 amide bonds. The molecule has 1 aromatic carbocycles. The smallest absolute Gasteiger partial charge is 0.135 e. The van der Waals surface area contributed by atoms with Crippen LogP contribution in [0.25, 0.3) is 0 Å². The number of hydrogen-bond donors (Lipinski definition) is 1. The molecule has 0 aliphatic heterocycles. The fraction of sp³-hybridized carbons (Fsp3) is 0.312. The summed E-state index contributed by atoms with van der Waals surface area (Å²) in [5.41, 5.74) is 11.5. The van der Waals surface area contributed by atoms with E-state index in [1.54, 1.807) is 0 Å². The molecule has 3 heteroatoms. The van der Waals surface area contributed by atoms with Crippen LogP contribution in [0.5, 0.6) is 0 Å². The molecule has 0 radical (unpaired) electrons. The van der Waals surface area contributed by atoms with E-state index in [0.717, 1.165) is 22.6 Å². The highest BCUT2D eigenvalue weighted by Crippen LogP contribution is 2.26. The van der Waals surface area contributed by atoms with Crippen LogP contribution < -0.4 is 10.6 Å². The number of rotatable bonds is 3. The van der Waals surface area contributed by atoms with Gasteiger partial charge >= 0.3 is 0 Å². The van der Waals surface area contributed by atoms with Gasteiger partial charge in [-0.15, -0.1) is 0 Å². The van der Waals surface area contributed by atoms with Gasteiger partial charge in [0.1, 0.15) is 5.82 Å². The van der Waals surface area contributed by atoms with Gasteiger partial charge in [-0.05, 0) is 61.2 Å². The van der Waals surface area contributed by atoms with Gasteiger partial charge in [0.15, 0.2) is 0 Å². The lowest BCUT2D eigenvalue weighted by atomic mass is 10.1. The number of hydrogen-bond acceptors (Lipinski definition) is 3. The third-order valence-electron chi connectivity index (χ3n) is 3.25. The van der Waals surface area contributed by atoms with Crippen LogP contribution in [0.1, 0.15) is 22.3 Å². The van der Waals surface area contributed by atoms with E-state index in [0.29, 0.717) is 6.54 Å². The summed E-state index contributed by atoms with van der Waals surface area (Å²) in [4.78, 5) is 6.65. The number of nitrogens with zero attached hydrogens (tertiary/aromatic N) is 2. The second-order valence-electron chi connectivity index (χ2n) is 5.09. The third kappa shape index (κ3) is 2.93. The molecule has 0 saturated heterocycles. The Morgan fingerprint density at radius 1 is 1.05 bits per heavy atom. The molecular weight excluding hydrogens is 234 g/mol. The van der Waals surface area contributed by atoms with Gasteiger partial charge in [0, 0.05) is 25.5 Å².